The van der Waals surface area contributed by atoms with Crippen molar-refractivity contribution in [3.05, 3.63) is 71.7 Å². The maximum atomic E-state index is 14.1. The Labute approximate surface area is 176 Å². The van der Waals surface area contributed by atoms with Gasteiger partial charge in [-0.05, 0) is 36.2 Å². The van der Waals surface area contributed by atoms with Crippen molar-refractivity contribution in [2.24, 2.45) is 0 Å². The van der Waals surface area contributed by atoms with Gasteiger partial charge in [0, 0.05) is 50.8 Å². The van der Waals surface area contributed by atoms with Crippen molar-refractivity contribution in [2.75, 3.05) is 33.4 Å². The molecule has 0 amide bonds. The van der Waals surface area contributed by atoms with Crippen LogP contribution < -0.4 is 4.74 Å². The van der Waals surface area contributed by atoms with Crippen LogP contribution in [-0.4, -0.2) is 59.3 Å². The lowest BCUT2D eigenvalue weighted by Gasteiger charge is -2.41. The van der Waals surface area contributed by atoms with E-state index in [0.717, 1.165) is 49.4 Å². The van der Waals surface area contributed by atoms with Gasteiger partial charge in [0.15, 0.2) is 0 Å². The molecule has 5 nitrogen and oxygen atoms in total. The molecule has 30 heavy (non-hydrogen) atoms. The molecule has 1 unspecified atom stereocenters. The molecule has 0 aliphatic carbocycles. The van der Waals surface area contributed by atoms with E-state index in [-0.39, 0.29) is 18.5 Å². The zero-order chi connectivity index (χ0) is 20.9. The van der Waals surface area contributed by atoms with Crippen molar-refractivity contribution < 1.29 is 14.2 Å². The number of aliphatic hydroxyl groups excluding tert-OH is 1. The Morgan fingerprint density at radius 2 is 1.97 bits per heavy atom. The molecule has 1 fully saturated rings. The highest BCUT2D eigenvalue weighted by Crippen LogP contribution is 2.21. The second kappa shape index (κ2) is 9.51. The zero-order valence-electron chi connectivity index (χ0n) is 17.3. The molecule has 158 valence electrons. The number of para-hydroxylation sites is 1. The summed E-state index contributed by atoms with van der Waals surface area (Å²) in [5, 5.41) is 10.4. The summed E-state index contributed by atoms with van der Waals surface area (Å²) >= 11 is 0. The fourth-order valence-electron chi connectivity index (χ4n) is 4.21. The topological polar surface area (TPSA) is 48.8 Å². The van der Waals surface area contributed by atoms with Gasteiger partial charge >= 0.3 is 0 Å². The van der Waals surface area contributed by atoms with Gasteiger partial charge in [-0.1, -0.05) is 30.3 Å². The van der Waals surface area contributed by atoms with Crippen LogP contribution in [0.15, 0.2) is 54.6 Å². The van der Waals surface area contributed by atoms with Gasteiger partial charge in [0.2, 0.25) is 0 Å². The SMILES string of the molecule is COc1cccc(CN2CCN(Cc3ccc4cccc(F)c4n3)CC2CCO)c1. The zero-order valence-corrected chi connectivity index (χ0v) is 17.3. The Hall–Kier alpha value is -2.54. The fourth-order valence-corrected chi connectivity index (χ4v) is 4.21. The highest BCUT2D eigenvalue weighted by atomic mass is 19.1. The van der Waals surface area contributed by atoms with Gasteiger partial charge in [-0.3, -0.25) is 9.80 Å². The Kier molecular flexibility index (Phi) is 6.57. The molecule has 1 aliphatic heterocycles. The Morgan fingerprint density at radius 1 is 1.10 bits per heavy atom. The maximum Gasteiger partial charge on any atom is 0.149 e. The van der Waals surface area contributed by atoms with Crippen LogP contribution in [-0.2, 0) is 13.1 Å². The molecule has 0 spiro atoms. The van der Waals surface area contributed by atoms with Crippen molar-refractivity contribution in [3.8, 4) is 5.75 Å². The number of pyridine rings is 1. The molecule has 1 N–H and O–H groups in total. The van der Waals surface area contributed by atoms with Crippen molar-refractivity contribution in [3.63, 3.8) is 0 Å². The van der Waals surface area contributed by atoms with E-state index in [4.69, 9.17) is 4.74 Å². The molecule has 0 saturated carbocycles. The number of aliphatic hydroxyl groups is 1. The molecule has 2 aromatic carbocycles. The van der Waals surface area contributed by atoms with E-state index in [2.05, 4.69) is 26.9 Å². The second-order valence-corrected chi connectivity index (χ2v) is 7.84. The molecular formula is C24H28FN3O2. The molecule has 1 aromatic heterocycles. The molecule has 4 rings (SSSR count). The van der Waals surface area contributed by atoms with Crippen molar-refractivity contribution in [2.45, 2.75) is 25.6 Å². The third-order valence-corrected chi connectivity index (χ3v) is 5.79. The highest BCUT2D eigenvalue weighted by molar-refractivity contribution is 5.79. The fraction of sp³-hybridized carbons (Fsp3) is 0.375. The number of aromatic nitrogens is 1. The Balaban J connectivity index is 1.44. The average molecular weight is 410 g/mol. The second-order valence-electron chi connectivity index (χ2n) is 7.84. The van der Waals surface area contributed by atoms with Crippen LogP contribution in [0.25, 0.3) is 10.9 Å². The number of methoxy groups -OCH3 is 1. The van der Waals surface area contributed by atoms with Crippen LogP contribution in [0.3, 0.4) is 0 Å². The summed E-state index contributed by atoms with van der Waals surface area (Å²) in [6.07, 6.45) is 0.722. The van der Waals surface area contributed by atoms with Crippen LogP contribution in [0.5, 0.6) is 5.75 Å². The largest absolute Gasteiger partial charge is 0.497 e. The number of hydrogen-bond acceptors (Lipinski definition) is 5. The summed E-state index contributed by atoms with van der Waals surface area (Å²) < 4.78 is 19.4. The van der Waals surface area contributed by atoms with Gasteiger partial charge in [-0.25, -0.2) is 9.37 Å². The lowest BCUT2D eigenvalue weighted by molar-refractivity contribution is 0.0494. The van der Waals surface area contributed by atoms with Crippen molar-refractivity contribution in [1.82, 2.24) is 14.8 Å². The van der Waals surface area contributed by atoms with Crippen LogP contribution in [0.4, 0.5) is 4.39 Å². The van der Waals surface area contributed by atoms with Crippen LogP contribution in [0.2, 0.25) is 0 Å². The number of benzene rings is 2. The Bertz CT molecular complexity index is 997. The van der Waals surface area contributed by atoms with E-state index in [1.165, 1.54) is 11.6 Å². The average Bonchev–Trinajstić information content (AvgIpc) is 2.76. The van der Waals surface area contributed by atoms with Crippen molar-refractivity contribution >= 4 is 10.9 Å². The van der Waals surface area contributed by atoms with Gasteiger partial charge in [0.05, 0.1) is 12.8 Å². The third kappa shape index (κ3) is 4.78. The number of piperazine rings is 1. The number of rotatable bonds is 7. The van der Waals surface area contributed by atoms with Crippen LogP contribution in [0, 0.1) is 5.82 Å². The molecule has 1 saturated heterocycles. The summed E-state index contributed by atoms with van der Waals surface area (Å²) in [6.45, 7) is 4.33. The van der Waals surface area contributed by atoms with E-state index in [9.17, 15) is 9.50 Å². The summed E-state index contributed by atoms with van der Waals surface area (Å²) in [7, 11) is 1.68. The lowest BCUT2D eigenvalue weighted by Crippen LogP contribution is -2.52. The molecular weight excluding hydrogens is 381 g/mol. The first-order chi connectivity index (χ1) is 14.7. The van der Waals surface area contributed by atoms with E-state index in [1.54, 1.807) is 13.2 Å². The van der Waals surface area contributed by atoms with E-state index < -0.39 is 0 Å². The van der Waals surface area contributed by atoms with E-state index >= 15 is 0 Å². The van der Waals surface area contributed by atoms with Crippen molar-refractivity contribution in [1.29, 1.82) is 0 Å². The summed E-state index contributed by atoms with van der Waals surface area (Å²) in [5.41, 5.74) is 2.51. The number of halogens is 1. The standard InChI is InChI=1S/C24H28FN3O2/c1-30-22-6-2-4-18(14-22)15-28-12-11-27(17-21(28)10-13-29)16-20-9-8-19-5-3-7-23(25)24(19)26-20/h2-9,14,21,29H,10-13,15-17H2,1H3. The minimum Gasteiger partial charge on any atom is -0.497 e. The quantitative estimate of drug-likeness (QED) is 0.648. The highest BCUT2D eigenvalue weighted by Gasteiger charge is 2.27. The maximum absolute atomic E-state index is 14.1. The first-order valence-corrected chi connectivity index (χ1v) is 10.4. The minimum absolute atomic E-state index is 0.159. The molecule has 3 aromatic rings. The molecule has 0 radical (unpaired) electrons. The van der Waals surface area contributed by atoms with Gasteiger partial charge < -0.3 is 9.84 Å². The van der Waals surface area contributed by atoms with E-state index in [1.807, 2.05) is 30.3 Å². The smallest absolute Gasteiger partial charge is 0.149 e. The molecule has 1 atom stereocenters. The molecule has 1 aliphatic rings. The Morgan fingerprint density at radius 3 is 2.80 bits per heavy atom. The predicted molar refractivity (Wildman–Crippen MR) is 116 cm³/mol. The molecule has 6 heteroatoms. The number of nitrogens with zero attached hydrogens (tertiary/aromatic N) is 3. The van der Waals surface area contributed by atoms with Crippen LogP contribution in [0.1, 0.15) is 17.7 Å². The molecule has 2 heterocycles. The summed E-state index contributed by atoms with van der Waals surface area (Å²) in [5.74, 6) is 0.579. The third-order valence-electron chi connectivity index (χ3n) is 5.79. The number of hydrogen-bond donors (Lipinski definition) is 1. The first kappa shape index (κ1) is 20.7. The monoisotopic (exact) mass is 409 g/mol. The van der Waals surface area contributed by atoms with Gasteiger partial charge in [0.1, 0.15) is 17.1 Å². The van der Waals surface area contributed by atoms with E-state index in [0.29, 0.717) is 12.1 Å². The van der Waals surface area contributed by atoms with Gasteiger partial charge in [-0.2, -0.15) is 0 Å². The van der Waals surface area contributed by atoms with Gasteiger partial charge in [0.25, 0.3) is 0 Å². The lowest BCUT2D eigenvalue weighted by atomic mass is 10.1. The summed E-state index contributed by atoms with van der Waals surface area (Å²) in [4.78, 5) is 9.32. The predicted octanol–water partition coefficient (Wildman–Crippen LogP) is 3.45. The molecule has 0 bridgehead atoms. The summed E-state index contributed by atoms with van der Waals surface area (Å²) in [6, 6.07) is 17.3. The number of ether oxygens (including phenoxy) is 1. The van der Waals surface area contributed by atoms with Crippen LogP contribution >= 0.6 is 0 Å². The minimum atomic E-state index is -0.282. The number of fused-ring (bicyclic) bond motifs is 1. The normalized spacial score (nSPS) is 18.0. The van der Waals surface area contributed by atoms with Gasteiger partial charge in [-0.15, -0.1) is 0 Å². The first-order valence-electron chi connectivity index (χ1n) is 10.4.